The van der Waals surface area contributed by atoms with Crippen LogP contribution in [0.25, 0.3) is 10.9 Å². The monoisotopic (exact) mass is 242 g/mol. The molecular formula is C16H22N2. The van der Waals surface area contributed by atoms with Crippen LogP contribution in [0.15, 0.2) is 12.1 Å². The molecule has 0 saturated carbocycles. The van der Waals surface area contributed by atoms with Crippen molar-refractivity contribution >= 4 is 10.9 Å². The lowest BCUT2D eigenvalue weighted by Gasteiger charge is -2.30. The van der Waals surface area contributed by atoms with E-state index in [9.17, 15) is 0 Å². The molecule has 0 unspecified atom stereocenters. The summed E-state index contributed by atoms with van der Waals surface area (Å²) in [4.78, 5) is 6.22. The first kappa shape index (κ1) is 11.8. The Kier molecular flexibility index (Phi) is 2.70. The minimum Gasteiger partial charge on any atom is -0.358 e. The molecule has 2 nitrogen and oxygen atoms in total. The molecule has 96 valence electrons. The average molecular weight is 242 g/mol. The summed E-state index contributed by atoms with van der Waals surface area (Å²) in [5.41, 5.74) is 7.11. The summed E-state index contributed by atoms with van der Waals surface area (Å²) in [7, 11) is 0. The molecule has 0 fully saturated rings. The van der Waals surface area contributed by atoms with Gasteiger partial charge in [-0.05, 0) is 44.4 Å². The molecular weight excluding hydrogens is 220 g/mol. The van der Waals surface area contributed by atoms with Crippen LogP contribution in [0.3, 0.4) is 0 Å². The van der Waals surface area contributed by atoms with E-state index in [0.717, 1.165) is 13.0 Å². The highest BCUT2D eigenvalue weighted by Crippen LogP contribution is 2.31. The van der Waals surface area contributed by atoms with Crippen molar-refractivity contribution in [2.24, 2.45) is 0 Å². The van der Waals surface area contributed by atoms with Crippen molar-refractivity contribution in [3.63, 3.8) is 0 Å². The second kappa shape index (κ2) is 4.13. The molecule has 1 N–H and O–H groups in total. The fraction of sp³-hybridized carbons (Fsp3) is 0.500. The zero-order chi connectivity index (χ0) is 12.9. The lowest BCUT2D eigenvalue weighted by molar-refractivity contribution is 0.203. The van der Waals surface area contributed by atoms with Gasteiger partial charge in [0.05, 0.1) is 0 Å². The van der Waals surface area contributed by atoms with Crippen molar-refractivity contribution in [1.29, 1.82) is 0 Å². The van der Waals surface area contributed by atoms with E-state index in [1.54, 1.807) is 0 Å². The van der Waals surface area contributed by atoms with E-state index in [-0.39, 0.29) is 0 Å². The molecule has 1 aromatic heterocycles. The highest BCUT2D eigenvalue weighted by molar-refractivity contribution is 5.88. The maximum atomic E-state index is 3.66. The maximum Gasteiger partial charge on any atom is 0.0491 e. The quantitative estimate of drug-likeness (QED) is 0.810. The summed E-state index contributed by atoms with van der Waals surface area (Å²) in [5.74, 6) is 0. The molecule has 0 aliphatic carbocycles. The van der Waals surface area contributed by atoms with Crippen molar-refractivity contribution in [2.75, 3.05) is 6.54 Å². The van der Waals surface area contributed by atoms with Gasteiger partial charge in [-0.25, -0.2) is 0 Å². The fourth-order valence-electron chi connectivity index (χ4n) is 2.99. The summed E-state index contributed by atoms with van der Waals surface area (Å²) >= 11 is 0. The lowest BCUT2D eigenvalue weighted by Crippen LogP contribution is -2.35. The Balaban J connectivity index is 2.14. The van der Waals surface area contributed by atoms with Crippen LogP contribution < -0.4 is 0 Å². The zero-order valence-electron chi connectivity index (χ0n) is 11.8. The van der Waals surface area contributed by atoms with E-state index in [0.29, 0.717) is 6.04 Å². The number of fused-ring (bicyclic) bond motifs is 3. The Bertz CT molecular complexity index is 593. The minimum atomic E-state index is 0.634. The number of rotatable bonds is 1. The number of aromatic amines is 1. The number of H-pyrrole nitrogens is 1. The van der Waals surface area contributed by atoms with Gasteiger partial charge < -0.3 is 4.98 Å². The molecule has 2 heteroatoms. The Morgan fingerprint density at radius 3 is 2.72 bits per heavy atom. The van der Waals surface area contributed by atoms with Gasteiger partial charge in [0.15, 0.2) is 0 Å². The van der Waals surface area contributed by atoms with Gasteiger partial charge in [-0.15, -0.1) is 0 Å². The first-order valence-corrected chi connectivity index (χ1v) is 6.91. The molecule has 0 amide bonds. The third kappa shape index (κ3) is 1.67. The van der Waals surface area contributed by atoms with Crippen LogP contribution in [-0.2, 0) is 13.0 Å². The molecule has 1 aromatic carbocycles. The van der Waals surface area contributed by atoms with Crippen molar-refractivity contribution in [2.45, 2.75) is 46.7 Å². The van der Waals surface area contributed by atoms with Gasteiger partial charge >= 0.3 is 0 Å². The number of nitrogens with one attached hydrogen (secondary N) is 1. The molecule has 1 aliphatic heterocycles. The molecule has 0 radical (unpaired) electrons. The molecule has 0 saturated heterocycles. The van der Waals surface area contributed by atoms with Gasteiger partial charge in [-0.3, -0.25) is 4.90 Å². The zero-order valence-corrected chi connectivity index (χ0v) is 11.8. The second-order valence-corrected chi connectivity index (χ2v) is 5.83. The average Bonchev–Trinajstić information content (AvgIpc) is 2.72. The molecule has 2 aromatic rings. The molecule has 3 rings (SSSR count). The summed E-state index contributed by atoms with van der Waals surface area (Å²) in [5, 5.41) is 1.43. The van der Waals surface area contributed by atoms with E-state index in [1.807, 2.05) is 0 Å². The molecule has 1 aliphatic rings. The first-order chi connectivity index (χ1) is 8.58. The normalized spacial score (nSPS) is 16.5. The largest absolute Gasteiger partial charge is 0.358 e. The highest BCUT2D eigenvalue weighted by Gasteiger charge is 2.22. The van der Waals surface area contributed by atoms with E-state index >= 15 is 0 Å². The minimum absolute atomic E-state index is 0.634. The molecule has 0 spiro atoms. The van der Waals surface area contributed by atoms with Gasteiger partial charge in [0.25, 0.3) is 0 Å². The summed E-state index contributed by atoms with van der Waals surface area (Å²) in [6, 6.07) is 5.17. The predicted octanol–water partition coefficient (Wildman–Crippen LogP) is 3.55. The Morgan fingerprint density at radius 2 is 2.00 bits per heavy atom. The summed E-state index contributed by atoms with van der Waals surface area (Å²) in [6.45, 7) is 11.3. The summed E-state index contributed by atoms with van der Waals surface area (Å²) < 4.78 is 0. The number of nitrogens with zero attached hydrogens (tertiary/aromatic N) is 1. The molecule has 2 heterocycles. The smallest absolute Gasteiger partial charge is 0.0491 e. The van der Waals surface area contributed by atoms with Crippen LogP contribution >= 0.6 is 0 Å². The topological polar surface area (TPSA) is 19.0 Å². The SMILES string of the molecule is Cc1ccc2c3c([nH]c2c1C)CCN(C(C)C)C3. The fourth-order valence-corrected chi connectivity index (χ4v) is 2.99. The van der Waals surface area contributed by atoms with Gasteiger partial charge in [0.2, 0.25) is 0 Å². The first-order valence-electron chi connectivity index (χ1n) is 6.91. The number of benzene rings is 1. The predicted molar refractivity (Wildman–Crippen MR) is 77.0 cm³/mol. The van der Waals surface area contributed by atoms with Crippen LogP contribution in [0.2, 0.25) is 0 Å². The van der Waals surface area contributed by atoms with E-state index in [1.165, 1.54) is 39.8 Å². The van der Waals surface area contributed by atoms with E-state index in [2.05, 4.69) is 49.7 Å². The standard InChI is InChI=1S/C16H22N2/c1-10(2)18-8-7-15-14(9-18)13-6-5-11(3)12(4)16(13)17-15/h5-6,10,17H,7-9H2,1-4H3. The van der Waals surface area contributed by atoms with Gasteiger partial charge in [-0.2, -0.15) is 0 Å². The van der Waals surface area contributed by atoms with Gasteiger partial charge in [0.1, 0.15) is 0 Å². The van der Waals surface area contributed by atoms with Crippen molar-refractivity contribution < 1.29 is 0 Å². The Hall–Kier alpha value is -1.28. The molecule has 0 atom stereocenters. The van der Waals surface area contributed by atoms with Gasteiger partial charge in [-0.1, -0.05) is 12.1 Å². The second-order valence-electron chi connectivity index (χ2n) is 5.83. The Labute approximate surface area is 109 Å². The van der Waals surface area contributed by atoms with Crippen molar-refractivity contribution in [1.82, 2.24) is 9.88 Å². The lowest BCUT2D eigenvalue weighted by atomic mass is 10.0. The highest BCUT2D eigenvalue weighted by atomic mass is 15.2. The van der Waals surface area contributed by atoms with Crippen LogP contribution in [0.1, 0.15) is 36.2 Å². The van der Waals surface area contributed by atoms with Crippen LogP contribution in [0.4, 0.5) is 0 Å². The van der Waals surface area contributed by atoms with E-state index < -0.39 is 0 Å². The molecule has 0 bridgehead atoms. The van der Waals surface area contributed by atoms with Crippen molar-refractivity contribution in [3.8, 4) is 0 Å². The van der Waals surface area contributed by atoms with E-state index in [4.69, 9.17) is 0 Å². The number of aromatic nitrogens is 1. The molecule has 18 heavy (non-hydrogen) atoms. The van der Waals surface area contributed by atoms with Crippen LogP contribution in [0, 0.1) is 13.8 Å². The van der Waals surface area contributed by atoms with Crippen LogP contribution in [-0.4, -0.2) is 22.5 Å². The third-order valence-electron chi connectivity index (χ3n) is 4.44. The number of aryl methyl sites for hydroxylation is 2. The van der Waals surface area contributed by atoms with Crippen LogP contribution in [0.5, 0.6) is 0 Å². The number of hydrogen-bond acceptors (Lipinski definition) is 1. The Morgan fingerprint density at radius 1 is 1.22 bits per heavy atom. The number of hydrogen-bond donors (Lipinski definition) is 1. The maximum absolute atomic E-state index is 3.66. The van der Waals surface area contributed by atoms with Gasteiger partial charge in [0, 0.05) is 42.1 Å². The van der Waals surface area contributed by atoms with Crippen molar-refractivity contribution in [3.05, 3.63) is 34.5 Å². The third-order valence-corrected chi connectivity index (χ3v) is 4.44. The summed E-state index contributed by atoms with van der Waals surface area (Å²) in [6.07, 6.45) is 1.15.